The van der Waals surface area contributed by atoms with Gasteiger partial charge in [-0.05, 0) is 42.4 Å². The van der Waals surface area contributed by atoms with Gasteiger partial charge in [-0.3, -0.25) is 4.90 Å². The number of hydrogen-bond acceptors (Lipinski definition) is 4. The Morgan fingerprint density at radius 2 is 1.70 bits per heavy atom. The molecule has 0 aliphatic rings. The lowest BCUT2D eigenvalue weighted by molar-refractivity contribution is 0.00499. The summed E-state index contributed by atoms with van der Waals surface area (Å²) >= 11 is 0. The minimum Gasteiger partial charge on any atom is -0.467 e. The van der Waals surface area contributed by atoms with Gasteiger partial charge < -0.3 is 14.3 Å². The van der Waals surface area contributed by atoms with E-state index in [1.165, 1.54) is 12.1 Å². The molecule has 2 atom stereocenters. The molecule has 142 valence electrons. The van der Waals surface area contributed by atoms with E-state index >= 15 is 0 Å². The Balaban J connectivity index is 1.65. The molecule has 0 aliphatic carbocycles. The molecule has 0 spiro atoms. The van der Waals surface area contributed by atoms with Crippen LogP contribution in [0.3, 0.4) is 0 Å². The maximum atomic E-state index is 13.3. The van der Waals surface area contributed by atoms with Gasteiger partial charge in [-0.15, -0.1) is 0 Å². The zero-order chi connectivity index (χ0) is 19.1. The van der Waals surface area contributed by atoms with Crippen LogP contribution in [0.5, 0.6) is 0 Å². The minimum atomic E-state index is -0.656. The van der Waals surface area contributed by atoms with Gasteiger partial charge in [0.25, 0.3) is 0 Å². The van der Waals surface area contributed by atoms with Crippen LogP contribution in [-0.2, 0) is 11.3 Å². The zero-order valence-corrected chi connectivity index (χ0v) is 15.3. The molecular formula is C22H24FNO3. The Morgan fingerprint density at radius 1 is 1.00 bits per heavy atom. The second-order valence-electron chi connectivity index (χ2n) is 6.55. The predicted octanol–water partition coefficient (Wildman–Crippen LogP) is 4.02. The van der Waals surface area contributed by atoms with Crippen LogP contribution in [0.15, 0.2) is 77.4 Å². The van der Waals surface area contributed by atoms with Gasteiger partial charge in [0.2, 0.25) is 0 Å². The van der Waals surface area contributed by atoms with Crippen molar-refractivity contribution in [2.45, 2.75) is 18.8 Å². The molecular weight excluding hydrogens is 345 g/mol. The van der Waals surface area contributed by atoms with Crippen molar-refractivity contribution in [2.75, 3.05) is 20.2 Å². The van der Waals surface area contributed by atoms with E-state index in [-0.39, 0.29) is 18.5 Å². The summed E-state index contributed by atoms with van der Waals surface area (Å²) < 4.78 is 24.1. The van der Waals surface area contributed by atoms with Crippen LogP contribution >= 0.6 is 0 Å². The van der Waals surface area contributed by atoms with Crippen LogP contribution in [0.4, 0.5) is 4.39 Å². The van der Waals surface area contributed by atoms with Crippen molar-refractivity contribution in [3.63, 3.8) is 0 Å². The van der Waals surface area contributed by atoms with Crippen LogP contribution in [0.2, 0.25) is 0 Å². The zero-order valence-electron chi connectivity index (χ0n) is 15.3. The molecule has 1 heterocycles. The smallest absolute Gasteiger partial charge is 0.129 e. The summed E-state index contributed by atoms with van der Waals surface area (Å²) in [5.41, 5.74) is 2.05. The second-order valence-corrected chi connectivity index (χ2v) is 6.55. The predicted molar refractivity (Wildman–Crippen MR) is 102 cm³/mol. The van der Waals surface area contributed by atoms with E-state index < -0.39 is 6.10 Å². The first-order valence-electron chi connectivity index (χ1n) is 8.92. The van der Waals surface area contributed by atoms with Crippen molar-refractivity contribution >= 4 is 0 Å². The number of benzene rings is 2. The lowest BCUT2D eigenvalue weighted by atomic mass is 9.97. The van der Waals surface area contributed by atoms with Crippen LogP contribution in [0.1, 0.15) is 22.9 Å². The number of likely N-dealkylation sites (N-methyl/N-ethyl adjacent to an activating group) is 1. The van der Waals surface area contributed by atoms with Crippen LogP contribution in [0, 0.1) is 5.82 Å². The molecule has 3 aromatic rings. The van der Waals surface area contributed by atoms with E-state index in [4.69, 9.17) is 9.15 Å². The normalized spacial score (nSPS) is 13.6. The van der Waals surface area contributed by atoms with Gasteiger partial charge in [-0.25, -0.2) is 4.39 Å². The Morgan fingerprint density at radius 3 is 2.37 bits per heavy atom. The number of ether oxygens (including phenoxy) is 1. The SMILES string of the molecule is CN(CC(O)COCc1ccco1)C(c1ccccc1)c1ccc(F)cc1. The first-order chi connectivity index (χ1) is 13.1. The molecule has 0 saturated heterocycles. The molecule has 0 fully saturated rings. The number of halogens is 1. The van der Waals surface area contributed by atoms with Gasteiger partial charge in [-0.2, -0.15) is 0 Å². The third kappa shape index (κ3) is 5.50. The summed E-state index contributed by atoms with van der Waals surface area (Å²) in [4.78, 5) is 2.05. The van der Waals surface area contributed by atoms with Gasteiger partial charge in [0, 0.05) is 6.54 Å². The quantitative estimate of drug-likeness (QED) is 0.619. The van der Waals surface area contributed by atoms with Gasteiger partial charge >= 0.3 is 0 Å². The molecule has 4 nitrogen and oxygen atoms in total. The fourth-order valence-electron chi connectivity index (χ4n) is 3.16. The highest BCUT2D eigenvalue weighted by atomic mass is 19.1. The Kier molecular flexibility index (Phi) is 6.76. The number of hydrogen-bond donors (Lipinski definition) is 1. The van der Waals surface area contributed by atoms with Gasteiger partial charge in [-0.1, -0.05) is 42.5 Å². The van der Waals surface area contributed by atoms with E-state index in [1.807, 2.05) is 48.3 Å². The highest BCUT2D eigenvalue weighted by Gasteiger charge is 2.21. The number of furan rings is 1. The molecule has 2 aromatic carbocycles. The Labute approximate surface area is 158 Å². The molecule has 1 N–H and O–H groups in total. The standard InChI is InChI=1S/C22H24FNO3/c1-24(14-20(25)15-26-16-21-8-5-13-27-21)22(17-6-3-2-4-7-17)18-9-11-19(23)12-10-18/h2-13,20,22,25H,14-16H2,1H3. The lowest BCUT2D eigenvalue weighted by Crippen LogP contribution is -2.35. The summed E-state index contributed by atoms with van der Waals surface area (Å²) in [5.74, 6) is 0.462. The van der Waals surface area contributed by atoms with Crippen molar-refractivity contribution in [3.8, 4) is 0 Å². The van der Waals surface area contributed by atoms with Crippen LogP contribution in [0.25, 0.3) is 0 Å². The largest absolute Gasteiger partial charge is 0.467 e. The fraction of sp³-hybridized carbons (Fsp3) is 0.273. The van der Waals surface area contributed by atoms with E-state index in [2.05, 4.69) is 0 Å². The van der Waals surface area contributed by atoms with Gasteiger partial charge in [0.05, 0.1) is 25.0 Å². The average molecular weight is 369 g/mol. The summed E-state index contributed by atoms with van der Waals surface area (Å²) in [6, 6.07) is 20.0. The maximum Gasteiger partial charge on any atom is 0.129 e. The number of rotatable bonds is 9. The lowest BCUT2D eigenvalue weighted by Gasteiger charge is -2.30. The van der Waals surface area contributed by atoms with Crippen LogP contribution in [-0.4, -0.2) is 36.3 Å². The average Bonchev–Trinajstić information content (AvgIpc) is 3.18. The summed E-state index contributed by atoms with van der Waals surface area (Å²) in [6.07, 6.45) is 0.937. The van der Waals surface area contributed by atoms with Crippen molar-refractivity contribution in [3.05, 3.63) is 95.7 Å². The molecule has 0 aliphatic heterocycles. The third-order valence-electron chi connectivity index (χ3n) is 4.38. The minimum absolute atomic E-state index is 0.0912. The highest BCUT2D eigenvalue weighted by Crippen LogP contribution is 2.27. The number of nitrogens with zero attached hydrogens (tertiary/aromatic N) is 1. The molecule has 0 amide bonds. The summed E-state index contributed by atoms with van der Waals surface area (Å²) in [7, 11) is 1.94. The van der Waals surface area contributed by atoms with Gasteiger partial charge in [0.15, 0.2) is 0 Å². The molecule has 0 saturated carbocycles. The summed E-state index contributed by atoms with van der Waals surface area (Å²) in [6.45, 7) is 0.943. The Bertz CT molecular complexity index is 790. The van der Waals surface area contributed by atoms with Crippen LogP contribution < -0.4 is 0 Å². The molecule has 2 unspecified atom stereocenters. The topological polar surface area (TPSA) is 45.8 Å². The van der Waals surface area contributed by atoms with Gasteiger partial charge in [0.1, 0.15) is 18.2 Å². The fourth-order valence-corrected chi connectivity index (χ4v) is 3.16. The second kappa shape index (κ2) is 9.46. The first kappa shape index (κ1) is 19.3. The van der Waals surface area contributed by atoms with Crippen molar-refractivity contribution in [2.24, 2.45) is 0 Å². The Hall–Kier alpha value is -2.47. The molecule has 1 aromatic heterocycles. The molecule has 0 bridgehead atoms. The third-order valence-corrected chi connectivity index (χ3v) is 4.38. The van der Waals surface area contributed by atoms with Crippen molar-refractivity contribution < 1.29 is 18.7 Å². The van der Waals surface area contributed by atoms with Crippen molar-refractivity contribution in [1.29, 1.82) is 0 Å². The van der Waals surface area contributed by atoms with E-state index in [0.717, 1.165) is 16.9 Å². The highest BCUT2D eigenvalue weighted by molar-refractivity contribution is 5.32. The van der Waals surface area contributed by atoms with E-state index in [0.29, 0.717) is 13.2 Å². The first-order valence-corrected chi connectivity index (χ1v) is 8.92. The van der Waals surface area contributed by atoms with E-state index in [1.54, 1.807) is 24.5 Å². The summed E-state index contributed by atoms with van der Waals surface area (Å²) in [5, 5.41) is 10.4. The number of aliphatic hydroxyl groups excluding tert-OH is 1. The molecule has 27 heavy (non-hydrogen) atoms. The van der Waals surface area contributed by atoms with E-state index in [9.17, 15) is 9.50 Å². The molecule has 3 rings (SSSR count). The monoisotopic (exact) mass is 369 g/mol. The number of aliphatic hydroxyl groups is 1. The van der Waals surface area contributed by atoms with Crippen molar-refractivity contribution in [1.82, 2.24) is 4.90 Å². The molecule has 5 heteroatoms. The maximum absolute atomic E-state index is 13.3. The molecule has 0 radical (unpaired) electrons.